The predicted octanol–water partition coefficient (Wildman–Crippen LogP) is 12.0. The summed E-state index contributed by atoms with van der Waals surface area (Å²) in [7, 11) is 0. The number of hydrogen-bond donors (Lipinski definition) is 0. The fourth-order valence-corrected chi connectivity index (χ4v) is 6.76. The molecule has 0 radical (unpaired) electrons. The maximum Gasteiger partial charge on any atom is 0.338 e. The van der Waals surface area contributed by atoms with Crippen LogP contribution in [-0.2, 0) is 22.3 Å². The molecule has 4 heteroatoms. The van der Waals surface area contributed by atoms with Gasteiger partial charge in [-0.3, -0.25) is 0 Å². The van der Waals surface area contributed by atoms with Crippen molar-refractivity contribution in [2.45, 2.75) is 168 Å². The van der Waals surface area contributed by atoms with Gasteiger partial charge in [0.15, 0.2) is 0 Å². The van der Waals surface area contributed by atoms with E-state index in [9.17, 15) is 9.59 Å². The topological polar surface area (TPSA) is 52.6 Å². The summed E-state index contributed by atoms with van der Waals surface area (Å²) in [4.78, 5) is 26.2. The Balaban J connectivity index is 1.42. The molecule has 3 rings (SSSR count). The third-order valence-corrected chi connectivity index (χ3v) is 9.83. The zero-order valence-electron chi connectivity index (χ0n) is 29.4. The van der Waals surface area contributed by atoms with Crippen LogP contribution in [0.5, 0.6) is 0 Å². The normalized spacial score (nSPS) is 14.2. The lowest BCUT2D eigenvalue weighted by atomic mass is 9.85. The van der Waals surface area contributed by atoms with Crippen molar-refractivity contribution in [3.63, 3.8) is 0 Å². The molecule has 1 atom stereocenters. The van der Waals surface area contributed by atoms with Crippen molar-refractivity contribution in [2.24, 2.45) is 5.92 Å². The van der Waals surface area contributed by atoms with E-state index in [1.807, 2.05) is 24.3 Å². The largest absolute Gasteiger partial charge is 0.458 e. The van der Waals surface area contributed by atoms with Gasteiger partial charge in [0.1, 0.15) is 12.7 Å². The van der Waals surface area contributed by atoms with Crippen LogP contribution < -0.4 is 0 Å². The van der Waals surface area contributed by atoms with E-state index in [-0.39, 0.29) is 24.5 Å². The molecule has 256 valence electrons. The molecule has 1 aliphatic carbocycles. The minimum absolute atomic E-state index is 0.103. The van der Waals surface area contributed by atoms with Gasteiger partial charge in [0.05, 0.1) is 11.1 Å². The Morgan fingerprint density at radius 3 is 1.43 bits per heavy atom. The highest BCUT2D eigenvalue weighted by molar-refractivity contribution is 5.90. The van der Waals surface area contributed by atoms with Gasteiger partial charge in [0.25, 0.3) is 0 Å². The zero-order valence-corrected chi connectivity index (χ0v) is 29.4. The Bertz CT molecular complexity index is 1070. The summed E-state index contributed by atoms with van der Waals surface area (Å²) < 4.78 is 11.8. The summed E-state index contributed by atoms with van der Waals surface area (Å²) >= 11 is 0. The Kier molecular flexibility index (Phi) is 19.5. The standard InChI is InChI=1S/C42H64O4/c1-3-5-7-9-11-13-15-18-22-35-26-30-38(31-27-35)41(43)45-34-40(37-24-20-17-21-25-37)46-42(44)39-32-28-36(29-33-39)23-19-16-14-12-10-8-6-4-2/h26-33,37,40H,3-25,34H2,1-2H3. The second-order valence-corrected chi connectivity index (χ2v) is 13.8. The van der Waals surface area contributed by atoms with Crippen molar-refractivity contribution in [1.82, 2.24) is 0 Å². The summed E-state index contributed by atoms with van der Waals surface area (Å²) in [6.07, 6.45) is 28.1. The molecule has 0 spiro atoms. The molecular formula is C42H64O4. The average molecular weight is 633 g/mol. The minimum atomic E-state index is -0.421. The number of esters is 2. The van der Waals surface area contributed by atoms with Gasteiger partial charge in [0, 0.05) is 0 Å². The molecule has 1 fully saturated rings. The molecule has 0 aliphatic heterocycles. The van der Waals surface area contributed by atoms with Crippen LogP contribution in [0.15, 0.2) is 48.5 Å². The van der Waals surface area contributed by atoms with Crippen LogP contribution >= 0.6 is 0 Å². The molecule has 2 aromatic carbocycles. The number of carbonyl (C=O) groups excluding carboxylic acids is 2. The van der Waals surface area contributed by atoms with Gasteiger partial charge < -0.3 is 9.47 Å². The number of hydrogen-bond acceptors (Lipinski definition) is 4. The van der Waals surface area contributed by atoms with Crippen molar-refractivity contribution in [1.29, 1.82) is 0 Å². The molecule has 0 bridgehead atoms. The van der Waals surface area contributed by atoms with Gasteiger partial charge in [-0.05, 0) is 79.8 Å². The van der Waals surface area contributed by atoms with E-state index in [0.29, 0.717) is 11.1 Å². The monoisotopic (exact) mass is 632 g/mol. The molecule has 4 nitrogen and oxygen atoms in total. The van der Waals surface area contributed by atoms with Gasteiger partial charge in [-0.15, -0.1) is 0 Å². The van der Waals surface area contributed by atoms with E-state index in [0.717, 1.165) is 38.5 Å². The van der Waals surface area contributed by atoms with E-state index in [1.165, 1.54) is 120 Å². The van der Waals surface area contributed by atoms with Crippen LogP contribution in [0.1, 0.15) is 181 Å². The van der Waals surface area contributed by atoms with Crippen LogP contribution in [0.25, 0.3) is 0 Å². The summed E-state index contributed by atoms with van der Waals surface area (Å²) in [5, 5.41) is 0. The molecule has 1 aliphatic rings. The van der Waals surface area contributed by atoms with Crippen molar-refractivity contribution < 1.29 is 19.1 Å². The number of benzene rings is 2. The Labute approximate surface area is 281 Å². The van der Waals surface area contributed by atoms with Crippen molar-refractivity contribution >= 4 is 11.9 Å². The number of rotatable bonds is 24. The maximum atomic E-state index is 13.2. The Hall–Kier alpha value is -2.62. The van der Waals surface area contributed by atoms with E-state index in [2.05, 4.69) is 38.1 Å². The first-order chi connectivity index (χ1) is 22.6. The van der Waals surface area contributed by atoms with E-state index in [1.54, 1.807) is 0 Å². The highest BCUT2D eigenvalue weighted by Crippen LogP contribution is 2.29. The van der Waals surface area contributed by atoms with Gasteiger partial charge in [-0.1, -0.05) is 147 Å². The number of unbranched alkanes of at least 4 members (excludes halogenated alkanes) is 14. The fraction of sp³-hybridized carbons (Fsp3) is 0.667. The molecular weight excluding hydrogens is 568 g/mol. The van der Waals surface area contributed by atoms with Crippen LogP contribution in [-0.4, -0.2) is 24.6 Å². The second-order valence-electron chi connectivity index (χ2n) is 13.8. The first-order valence-corrected chi connectivity index (χ1v) is 19.2. The molecule has 46 heavy (non-hydrogen) atoms. The molecule has 0 amide bonds. The van der Waals surface area contributed by atoms with Gasteiger partial charge >= 0.3 is 11.9 Å². The fourth-order valence-electron chi connectivity index (χ4n) is 6.76. The molecule has 0 saturated heterocycles. The predicted molar refractivity (Wildman–Crippen MR) is 192 cm³/mol. The lowest BCUT2D eigenvalue weighted by Crippen LogP contribution is -2.33. The van der Waals surface area contributed by atoms with Crippen molar-refractivity contribution in [2.75, 3.05) is 6.61 Å². The maximum absolute atomic E-state index is 13.2. The number of aryl methyl sites for hydroxylation is 2. The number of ether oxygens (including phenoxy) is 2. The molecule has 0 aromatic heterocycles. The highest BCUT2D eigenvalue weighted by atomic mass is 16.6. The molecule has 1 unspecified atom stereocenters. The number of carbonyl (C=O) groups is 2. The summed E-state index contributed by atoms with van der Waals surface area (Å²) in [5.74, 6) is -0.447. The van der Waals surface area contributed by atoms with Crippen LogP contribution in [0, 0.1) is 5.92 Å². The smallest absolute Gasteiger partial charge is 0.338 e. The first kappa shape index (κ1) is 37.8. The second kappa shape index (κ2) is 23.7. The summed E-state index contributed by atoms with van der Waals surface area (Å²) in [6, 6.07) is 15.8. The third kappa shape index (κ3) is 15.3. The molecule has 2 aromatic rings. The lowest BCUT2D eigenvalue weighted by molar-refractivity contribution is -0.0247. The first-order valence-electron chi connectivity index (χ1n) is 19.2. The average Bonchev–Trinajstić information content (AvgIpc) is 3.09. The lowest BCUT2D eigenvalue weighted by Gasteiger charge is -2.29. The quantitative estimate of drug-likeness (QED) is 0.0853. The van der Waals surface area contributed by atoms with Crippen molar-refractivity contribution in [3.05, 3.63) is 70.8 Å². The summed E-state index contributed by atoms with van der Waals surface area (Å²) in [5.41, 5.74) is 3.66. The van der Waals surface area contributed by atoms with Crippen LogP contribution in [0.4, 0.5) is 0 Å². The van der Waals surface area contributed by atoms with Gasteiger partial charge in [0.2, 0.25) is 0 Å². The summed E-state index contributed by atoms with van der Waals surface area (Å²) in [6.45, 7) is 4.62. The molecule has 0 heterocycles. The Morgan fingerprint density at radius 2 is 0.978 bits per heavy atom. The highest BCUT2D eigenvalue weighted by Gasteiger charge is 2.29. The van der Waals surface area contributed by atoms with Gasteiger partial charge in [-0.2, -0.15) is 0 Å². The van der Waals surface area contributed by atoms with Gasteiger partial charge in [-0.25, -0.2) is 9.59 Å². The van der Waals surface area contributed by atoms with Crippen LogP contribution in [0.2, 0.25) is 0 Å². The molecule has 0 N–H and O–H groups in total. The van der Waals surface area contributed by atoms with Crippen molar-refractivity contribution in [3.8, 4) is 0 Å². The third-order valence-electron chi connectivity index (χ3n) is 9.83. The minimum Gasteiger partial charge on any atom is -0.458 e. The molecule has 1 saturated carbocycles. The van der Waals surface area contributed by atoms with E-state index >= 15 is 0 Å². The SMILES string of the molecule is CCCCCCCCCCc1ccc(C(=O)OCC(OC(=O)c2ccc(CCCCCCCCCC)cc2)C2CCCCC2)cc1. The van der Waals surface area contributed by atoms with E-state index in [4.69, 9.17) is 9.47 Å². The van der Waals surface area contributed by atoms with Crippen LogP contribution in [0.3, 0.4) is 0 Å². The zero-order chi connectivity index (χ0) is 32.7. The Morgan fingerprint density at radius 1 is 0.565 bits per heavy atom. The van der Waals surface area contributed by atoms with E-state index < -0.39 is 6.10 Å².